The first-order chi connectivity index (χ1) is 16.1. The Kier molecular flexibility index (Phi) is 10.4. The fourth-order valence-corrected chi connectivity index (χ4v) is 2.92. The highest BCUT2D eigenvalue weighted by Gasteiger charge is 2.28. The lowest BCUT2D eigenvalue weighted by Gasteiger charge is -2.23. The van der Waals surface area contributed by atoms with Crippen LogP contribution in [0.5, 0.6) is 0 Å². The minimum atomic E-state index is -1.38. The highest BCUT2D eigenvalue weighted by molar-refractivity contribution is 5.94. The van der Waals surface area contributed by atoms with Gasteiger partial charge in [0.25, 0.3) is 11.9 Å². The fourth-order valence-electron chi connectivity index (χ4n) is 2.92. The minimum absolute atomic E-state index is 0.0435. The van der Waals surface area contributed by atoms with Crippen LogP contribution in [0, 0.1) is 21.4 Å². The highest BCUT2D eigenvalue weighted by atomic mass is 16.7. The molecule has 0 saturated heterocycles. The van der Waals surface area contributed by atoms with E-state index in [1.165, 1.54) is 0 Å². The molecule has 0 aliphatic heterocycles. The van der Waals surface area contributed by atoms with Crippen LogP contribution in [0.4, 0.5) is 4.79 Å². The molecule has 2 atom stereocenters. The molecule has 1 rings (SSSR count). The molecule has 15 heteroatoms. The van der Waals surface area contributed by atoms with E-state index in [9.17, 15) is 29.6 Å². The normalized spacial score (nSPS) is 13.0. The monoisotopic (exact) mass is 499 g/mol. The largest absolute Gasteiger partial charge is 0.480 e. The summed E-state index contributed by atoms with van der Waals surface area (Å²) >= 11 is 0. The SMILES string of the molecule is CC(C)C[C@H](NC(=O)OC(C)(C)C)c1nc(C(=O)N[C@@H](CCCN(C(=N)N)[N+](=O)[O-])C(=O)O)co1. The quantitative estimate of drug-likeness (QED) is 0.120. The molecule has 0 unspecified atom stereocenters. The van der Waals surface area contributed by atoms with Gasteiger partial charge in [0.2, 0.25) is 5.89 Å². The third-order valence-electron chi connectivity index (χ3n) is 4.39. The summed E-state index contributed by atoms with van der Waals surface area (Å²) in [6.45, 7) is 8.67. The zero-order valence-corrected chi connectivity index (χ0v) is 20.4. The van der Waals surface area contributed by atoms with Crippen LogP contribution < -0.4 is 16.4 Å². The topological polar surface area (TPSA) is 227 Å². The van der Waals surface area contributed by atoms with Gasteiger partial charge in [-0.05, 0) is 46.0 Å². The average Bonchev–Trinajstić information content (AvgIpc) is 3.17. The Bertz CT molecular complexity index is 911. The van der Waals surface area contributed by atoms with Crippen molar-refractivity contribution >= 4 is 23.9 Å². The number of hydrazine groups is 1. The van der Waals surface area contributed by atoms with Crippen LogP contribution in [0.3, 0.4) is 0 Å². The van der Waals surface area contributed by atoms with Crippen molar-refractivity contribution in [3.05, 3.63) is 28.0 Å². The third kappa shape index (κ3) is 10.3. The van der Waals surface area contributed by atoms with E-state index in [4.69, 9.17) is 20.3 Å². The van der Waals surface area contributed by atoms with Crippen molar-refractivity contribution in [2.75, 3.05) is 6.54 Å². The maximum Gasteiger partial charge on any atom is 0.408 e. The number of oxazole rings is 1. The number of carbonyl (C=O) groups excluding carboxylic acids is 2. The first kappa shape index (κ1) is 29.1. The van der Waals surface area contributed by atoms with Crippen molar-refractivity contribution in [2.45, 2.75) is 71.6 Å². The Morgan fingerprint density at radius 2 is 1.97 bits per heavy atom. The number of alkyl carbamates (subject to hydrolysis) is 1. The van der Waals surface area contributed by atoms with Gasteiger partial charge >= 0.3 is 12.1 Å². The minimum Gasteiger partial charge on any atom is -0.480 e. The zero-order chi connectivity index (χ0) is 26.9. The van der Waals surface area contributed by atoms with E-state index in [0.717, 1.165) is 6.26 Å². The molecule has 15 nitrogen and oxygen atoms in total. The number of carboxylic acids is 1. The number of aliphatic carboxylic acids is 1. The standard InChI is InChI=1S/C20H33N7O8/c1-11(2)9-13(25-19(31)35-20(3,4)5)16-24-14(10-34-16)15(28)23-12(17(29)30)7-6-8-26(18(21)22)27(32)33/h10-13H,6-9H2,1-5H3,(H3,21,22)(H,23,28)(H,25,31)(H,29,30)/t12-,13-/m0/s1. The Morgan fingerprint density at radius 1 is 1.34 bits per heavy atom. The summed E-state index contributed by atoms with van der Waals surface area (Å²) in [5.41, 5.74) is 4.19. The Balaban J connectivity index is 2.87. The zero-order valence-electron chi connectivity index (χ0n) is 20.4. The number of hydrogen-bond donors (Lipinski definition) is 5. The van der Waals surface area contributed by atoms with Crippen LogP contribution in [0.25, 0.3) is 0 Å². The summed E-state index contributed by atoms with van der Waals surface area (Å²) < 4.78 is 10.6. The van der Waals surface area contributed by atoms with Gasteiger partial charge in [0, 0.05) is 0 Å². The molecule has 6 N–H and O–H groups in total. The molecule has 0 spiro atoms. The predicted octanol–water partition coefficient (Wildman–Crippen LogP) is 1.64. The van der Waals surface area contributed by atoms with Gasteiger partial charge in [-0.1, -0.05) is 18.9 Å². The predicted molar refractivity (Wildman–Crippen MR) is 122 cm³/mol. The second kappa shape index (κ2) is 12.5. The van der Waals surface area contributed by atoms with Crippen molar-refractivity contribution in [3.8, 4) is 0 Å². The smallest absolute Gasteiger partial charge is 0.408 e. The van der Waals surface area contributed by atoms with Crippen molar-refractivity contribution in [3.63, 3.8) is 0 Å². The van der Waals surface area contributed by atoms with Crippen molar-refractivity contribution in [1.29, 1.82) is 5.41 Å². The number of ether oxygens (including phenoxy) is 1. The summed E-state index contributed by atoms with van der Waals surface area (Å²) in [7, 11) is 0. The molecule has 0 radical (unpaired) electrons. The highest BCUT2D eigenvalue weighted by Crippen LogP contribution is 2.22. The molecule has 0 aromatic carbocycles. The molecule has 0 aliphatic carbocycles. The molecule has 196 valence electrons. The third-order valence-corrected chi connectivity index (χ3v) is 4.39. The molecule has 2 amide bonds. The number of amides is 2. The number of nitrogens with zero attached hydrogens (tertiary/aromatic N) is 3. The van der Waals surface area contributed by atoms with Crippen LogP contribution in [0.15, 0.2) is 10.7 Å². The van der Waals surface area contributed by atoms with E-state index in [2.05, 4.69) is 15.6 Å². The summed E-state index contributed by atoms with van der Waals surface area (Å²) in [5.74, 6) is -2.82. The molecular weight excluding hydrogens is 466 g/mol. The lowest BCUT2D eigenvalue weighted by atomic mass is 10.0. The maximum absolute atomic E-state index is 12.6. The lowest BCUT2D eigenvalue weighted by Crippen LogP contribution is -2.44. The van der Waals surface area contributed by atoms with Crippen LogP contribution in [-0.2, 0) is 9.53 Å². The van der Waals surface area contributed by atoms with Gasteiger partial charge in [-0.3, -0.25) is 10.2 Å². The number of aromatic nitrogens is 1. The number of nitrogens with one attached hydrogen (secondary N) is 3. The molecule has 0 saturated carbocycles. The van der Waals surface area contributed by atoms with E-state index < -0.39 is 46.6 Å². The van der Waals surface area contributed by atoms with E-state index in [-0.39, 0.29) is 36.9 Å². The van der Waals surface area contributed by atoms with Gasteiger partial charge in [-0.15, -0.1) is 0 Å². The number of guanidine groups is 1. The number of hydrogen-bond acceptors (Lipinski definition) is 9. The lowest BCUT2D eigenvalue weighted by molar-refractivity contribution is -0.629. The molecule has 0 aliphatic rings. The molecular formula is C20H33N7O8. The molecule has 1 heterocycles. The number of nitro groups is 1. The molecule has 35 heavy (non-hydrogen) atoms. The van der Waals surface area contributed by atoms with Crippen LogP contribution >= 0.6 is 0 Å². The van der Waals surface area contributed by atoms with Gasteiger partial charge in [0.1, 0.15) is 23.9 Å². The number of carbonyl (C=O) groups is 3. The Labute approximate surface area is 202 Å². The Hall–Kier alpha value is -3.91. The van der Waals surface area contributed by atoms with Crippen molar-refractivity contribution in [2.24, 2.45) is 11.7 Å². The summed E-state index contributed by atoms with van der Waals surface area (Å²) in [4.78, 5) is 51.2. The van der Waals surface area contributed by atoms with Crippen LogP contribution in [0.1, 0.15) is 76.3 Å². The second-order valence-electron chi connectivity index (χ2n) is 9.15. The molecule has 1 aromatic rings. The van der Waals surface area contributed by atoms with Gasteiger partial charge in [0.15, 0.2) is 10.7 Å². The fraction of sp³-hybridized carbons (Fsp3) is 0.650. The maximum atomic E-state index is 12.6. The van der Waals surface area contributed by atoms with Crippen LogP contribution in [-0.4, -0.2) is 62.2 Å². The first-order valence-electron chi connectivity index (χ1n) is 10.8. The van der Waals surface area contributed by atoms with E-state index in [1.807, 2.05) is 13.8 Å². The summed E-state index contributed by atoms with van der Waals surface area (Å²) in [5, 5.41) is 31.8. The number of rotatable bonds is 12. The van der Waals surface area contributed by atoms with E-state index in [0.29, 0.717) is 11.4 Å². The molecule has 1 aromatic heterocycles. The number of carboxylic acid groups (broad SMARTS) is 1. The molecule has 0 bridgehead atoms. The van der Waals surface area contributed by atoms with Crippen molar-refractivity contribution < 1.29 is 33.7 Å². The van der Waals surface area contributed by atoms with Crippen LogP contribution in [0.2, 0.25) is 0 Å². The van der Waals surface area contributed by atoms with Gasteiger partial charge in [-0.25, -0.2) is 24.7 Å². The number of nitrogens with two attached hydrogens (primary N) is 1. The Morgan fingerprint density at radius 3 is 2.46 bits per heavy atom. The summed E-state index contributed by atoms with van der Waals surface area (Å²) in [6.07, 6.45) is 0.574. The second-order valence-corrected chi connectivity index (χ2v) is 9.15. The molecule has 0 fully saturated rings. The first-order valence-corrected chi connectivity index (χ1v) is 10.8. The van der Waals surface area contributed by atoms with Gasteiger partial charge < -0.3 is 30.6 Å². The van der Waals surface area contributed by atoms with Crippen molar-refractivity contribution in [1.82, 2.24) is 20.6 Å². The van der Waals surface area contributed by atoms with Gasteiger partial charge in [0.05, 0.1) is 6.54 Å². The van der Waals surface area contributed by atoms with Gasteiger partial charge in [-0.2, -0.15) is 0 Å². The summed E-state index contributed by atoms with van der Waals surface area (Å²) in [6, 6.07) is -2.07. The average molecular weight is 500 g/mol. The van der Waals surface area contributed by atoms with E-state index in [1.54, 1.807) is 20.8 Å². The van der Waals surface area contributed by atoms with E-state index >= 15 is 0 Å².